The lowest BCUT2D eigenvalue weighted by Gasteiger charge is -2.34. The molecule has 0 amide bonds. The summed E-state index contributed by atoms with van der Waals surface area (Å²) in [6, 6.07) is 7.08. The Hall–Kier alpha value is -0.870. The molecule has 0 aliphatic heterocycles. The summed E-state index contributed by atoms with van der Waals surface area (Å²) in [5, 5.41) is 0. The monoisotopic (exact) mass is 255 g/mol. The highest BCUT2D eigenvalue weighted by Gasteiger charge is 2.33. The van der Waals surface area contributed by atoms with E-state index < -0.39 is 10.0 Å². The maximum atomic E-state index is 12.5. The summed E-state index contributed by atoms with van der Waals surface area (Å²) in [5.74, 6) is 0. The van der Waals surface area contributed by atoms with Crippen molar-refractivity contribution in [2.24, 2.45) is 0 Å². The van der Waals surface area contributed by atoms with E-state index in [9.17, 15) is 8.42 Å². The van der Waals surface area contributed by atoms with Crippen molar-refractivity contribution < 1.29 is 8.42 Å². The van der Waals surface area contributed by atoms with Crippen LogP contribution in [0.2, 0.25) is 0 Å². The summed E-state index contributed by atoms with van der Waals surface area (Å²) in [4.78, 5) is 0.393. The van der Waals surface area contributed by atoms with Gasteiger partial charge in [-0.05, 0) is 38.8 Å². The van der Waals surface area contributed by atoms with Crippen LogP contribution in [0.4, 0.5) is 0 Å². The van der Waals surface area contributed by atoms with Gasteiger partial charge < -0.3 is 0 Å². The molecule has 96 valence electrons. The molecule has 1 rings (SSSR count). The summed E-state index contributed by atoms with van der Waals surface area (Å²) in [5.41, 5.74) is 0.410. The van der Waals surface area contributed by atoms with Gasteiger partial charge in [-0.15, -0.1) is 0 Å². The van der Waals surface area contributed by atoms with E-state index in [1.165, 1.54) is 4.31 Å². The number of sulfonamides is 1. The van der Waals surface area contributed by atoms with E-state index in [0.717, 1.165) is 12.0 Å². The molecule has 17 heavy (non-hydrogen) atoms. The van der Waals surface area contributed by atoms with Crippen LogP contribution in [-0.2, 0) is 10.0 Å². The summed E-state index contributed by atoms with van der Waals surface area (Å²) >= 11 is 0. The quantitative estimate of drug-likeness (QED) is 0.829. The molecule has 3 nitrogen and oxygen atoms in total. The van der Waals surface area contributed by atoms with Crippen LogP contribution in [0.15, 0.2) is 29.2 Å². The van der Waals surface area contributed by atoms with Crippen LogP contribution < -0.4 is 0 Å². The molecule has 4 heteroatoms. The minimum atomic E-state index is -3.41. The lowest BCUT2D eigenvalue weighted by Crippen LogP contribution is -2.44. The SMILES string of the molecule is CCC(C)(C)N(C)S(=O)(=O)c1ccccc1C. The van der Waals surface area contributed by atoms with Gasteiger partial charge in [0.2, 0.25) is 10.0 Å². The van der Waals surface area contributed by atoms with Gasteiger partial charge in [-0.25, -0.2) is 8.42 Å². The molecule has 0 saturated carbocycles. The Labute approximate surface area is 105 Å². The molecule has 0 aromatic heterocycles. The molecule has 0 aliphatic rings. The van der Waals surface area contributed by atoms with Gasteiger partial charge in [0.25, 0.3) is 0 Å². The summed E-state index contributed by atoms with van der Waals surface area (Å²) in [6.07, 6.45) is 0.772. The highest BCUT2D eigenvalue weighted by atomic mass is 32.2. The molecule has 0 atom stereocenters. The number of hydrogen-bond donors (Lipinski definition) is 0. The second-order valence-corrected chi connectivity index (χ2v) is 6.84. The summed E-state index contributed by atoms with van der Waals surface area (Å²) in [7, 11) is -1.76. The smallest absolute Gasteiger partial charge is 0.207 e. The fourth-order valence-corrected chi connectivity index (χ4v) is 3.34. The molecular formula is C13H21NO2S. The maximum absolute atomic E-state index is 12.5. The largest absolute Gasteiger partial charge is 0.243 e. The Balaban J connectivity index is 3.26. The number of benzene rings is 1. The first-order valence-corrected chi connectivity index (χ1v) is 7.22. The molecular weight excluding hydrogens is 234 g/mol. The lowest BCUT2D eigenvalue weighted by atomic mass is 10.0. The van der Waals surface area contributed by atoms with Crippen molar-refractivity contribution in [1.29, 1.82) is 0 Å². The molecule has 1 aromatic carbocycles. The maximum Gasteiger partial charge on any atom is 0.243 e. The molecule has 0 spiro atoms. The van der Waals surface area contributed by atoms with E-state index >= 15 is 0 Å². The molecule has 1 aromatic rings. The van der Waals surface area contributed by atoms with Crippen molar-refractivity contribution in [2.75, 3.05) is 7.05 Å². The number of hydrogen-bond acceptors (Lipinski definition) is 2. The Kier molecular flexibility index (Phi) is 3.99. The van der Waals surface area contributed by atoms with Gasteiger partial charge in [-0.1, -0.05) is 25.1 Å². The average Bonchev–Trinajstić information content (AvgIpc) is 2.28. The van der Waals surface area contributed by atoms with Crippen LogP contribution in [0.25, 0.3) is 0 Å². The normalized spacial score (nSPS) is 13.1. The third-order valence-electron chi connectivity index (χ3n) is 3.45. The fraction of sp³-hybridized carbons (Fsp3) is 0.538. The van der Waals surface area contributed by atoms with Gasteiger partial charge in [0.1, 0.15) is 0 Å². The van der Waals surface area contributed by atoms with Crippen molar-refractivity contribution >= 4 is 10.0 Å². The second-order valence-electron chi connectivity index (χ2n) is 4.90. The molecule has 0 saturated heterocycles. The Bertz CT molecular complexity index is 492. The minimum Gasteiger partial charge on any atom is -0.207 e. The van der Waals surface area contributed by atoms with Gasteiger partial charge in [0.15, 0.2) is 0 Å². The van der Waals surface area contributed by atoms with Crippen LogP contribution in [0, 0.1) is 6.92 Å². The standard InChI is InChI=1S/C13H21NO2S/c1-6-13(3,4)14(5)17(15,16)12-10-8-7-9-11(12)2/h7-10H,6H2,1-5H3. The van der Waals surface area contributed by atoms with Crippen molar-refractivity contribution in [3.63, 3.8) is 0 Å². The van der Waals surface area contributed by atoms with Crippen LogP contribution in [0.1, 0.15) is 32.8 Å². The van der Waals surface area contributed by atoms with Gasteiger partial charge >= 0.3 is 0 Å². The molecule has 0 radical (unpaired) electrons. The lowest BCUT2D eigenvalue weighted by molar-refractivity contribution is 0.257. The predicted molar refractivity (Wildman–Crippen MR) is 70.5 cm³/mol. The van der Waals surface area contributed by atoms with Crippen molar-refractivity contribution in [3.05, 3.63) is 29.8 Å². The van der Waals surface area contributed by atoms with E-state index in [4.69, 9.17) is 0 Å². The first-order chi connectivity index (χ1) is 7.73. The van der Waals surface area contributed by atoms with Gasteiger partial charge in [0.05, 0.1) is 4.90 Å². The first-order valence-electron chi connectivity index (χ1n) is 5.78. The highest BCUT2D eigenvalue weighted by molar-refractivity contribution is 7.89. The fourth-order valence-electron chi connectivity index (χ4n) is 1.54. The number of aryl methyl sites for hydroxylation is 1. The molecule has 0 aliphatic carbocycles. The van der Waals surface area contributed by atoms with Crippen molar-refractivity contribution in [2.45, 2.75) is 44.6 Å². The van der Waals surface area contributed by atoms with E-state index in [-0.39, 0.29) is 5.54 Å². The molecule has 0 bridgehead atoms. The Morgan fingerprint density at radius 1 is 1.24 bits per heavy atom. The zero-order chi connectivity index (χ0) is 13.3. The van der Waals surface area contributed by atoms with Crippen LogP contribution in [0.5, 0.6) is 0 Å². The number of rotatable bonds is 4. The van der Waals surface area contributed by atoms with Crippen LogP contribution in [-0.4, -0.2) is 25.3 Å². The average molecular weight is 255 g/mol. The van der Waals surface area contributed by atoms with E-state index in [1.54, 1.807) is 19.2 Å². The van der Waals surface area contributed by atoms with Crippen LogP contribution in [0.3, 0.4) is 0 Å². The topological polar surface area (TPSA) is 37.4 Å². The zero-order valence-electron chi connectivity index (χ0n) is 11.2. The predicted octanol–water partition coefficient (Wildman–Crippen LogP) is 2.80. The van der Waals surface area contributed by atoms with E-state index in [1.807, 2.05) is 39.8 Å². The third kappa shape index (κ3) is 2.69. The molecule has 0 fully saturated rings. The van der Waals surface area contributed by atoms with Gasteiger partial charge in [0, 0.05) is 12.6 Å². The molecule has 0 unspecified atom stereocenters. The van der Waals surface area contributed by atoms with E-state index in [2.05, 4.69) is 0 Å². The van der Waals surface area contributed by atoms with Gasteiger partial charge in [-0.3, -0.25) is 0 Å². The molecule has 0 heterocycles. The first kappa shape index (κ1) is 14.2. The number of nitrogens with zero attached hydrogens (tertiary/aromatic N) is 1. The second kappa shape index (κ2) is 4.78. The van der Waals surface area contributed by atoms with Crippen LogP contribution >= 0.6 is 0 Å². The van der Waals surface area contributed by atoms with Gasteiger partial charge in [-0.2, -0.15) is 4.31 Å². The highest BCUT2D eigenvalue weighted by Crippen LogP contribution is 2.26. The Morgan fingerprint density at radius 2 is 1.76 bits per heavy atom. The van der Waals surface area contributed by atoms with E-state index in [0.29, 0.717) is 4.90 Å². The van der Waals surface area contributed by atoms with Crippen molar-refractivity contribution in [3.8, 4) is 0 Å². The minimum absolute atomic E-state index is 0.374. The summed E-state index contributed by atoms with van der Waals surface area (Å²) in [6.45, 7) is 7.68. The molecule has 0 N–H and O–H groups in total. The Morgan fingerprint density at radius 3 is 2.24 bits per heavy atom. The van der Waals surface area contributed by atoms with Crippen molar-refractivity contribution in [1.82, 2.24) is 4.31 Å². The summed E-state index contributed by atoms with van der Waals surface area (Å²) < 4.78 is 26.4. The zero-order valence-corrected chi connectivity index (χ0v) is 12.0. The third-order valence-corrected chi connectivity index (χ3v) is 5.68.